The highest BCUT2D eigenvalue weighted by molar-refractivity contribution is 7.14. The molecule has 3 heterocycles. The van der Waals surface area contributed by atoms with Crippen LogP contribution < -0.4 is 10.1 Å². The molecular weight excluding hydrogens is 502 g/mol. The molecule has 2 aliphatic heterocycles. The number of thiazole rings is 1. The van der Waals surface area contributed by atoms with Crippen molar-refractivity contribution in [3.63, 3.8) is 0 Å². The zero-order valence-electron chi connectivity index (χ0n) is 22.2. The number of amides is 3. The maximum absolute atomic E-state index is 13.0. The summed E-state index contributed by atoms with van der Waals surface area (Å²) in [6, 6.07) is 6.33. The summed E-state index contributed by atoms with van der Waals surface area (Å²) in [5.74, 6) is 1.76. The Morgan fingerprint density at radius 1 is 1.05 bits per heavy atom. The lowest BCUT2D eigenvalue weighted by molar-refractivity contribution is 0.0915. The summed E-state index contributed by atoms with van der Waals surface area (Å²) in [4.78, 5) is 34.7. The van der Waals surface area contributed by atoms with Crippen LogP contribution in [0.3, 0.4) is 0 Å². The number of carbonyl (C=O) groups excluding carboxylic acids is 1. The molecule has 1 saturated carbocycles. The van der Waals surface area contributed by atoms with Gasteiger partial charge in [0, 0.05) is 56.8 Å². The number of rotatable bonds is 6. The van der Waals surface area contributed by atoms with Gasteiger partial charge in [0.1, 0.15) is 5.75 Å². The predicted octanol–water partition coefficient (Wildman–Crippen LogP) is 5.41. The van der Waals surface area contributed by atoms with Gasteiger partial charge in [-0.15, -0.1) is 11.3 Å². The summed E-state index contributed by atoms with van der Waals surface area (Å²) in [6.07, 6.45) is 7.54. The van der Waals surface area contributed by atoms with Gasteiger partial charge in [-0.2, -0.15) is 0 Å². The van der Waals surface area contributed by atoms with Crippen LogP contribution in [-0.4, -0.2) is 89.8 Å². The van der Waals surface area contributed by atoms with Crippen molar-refractivity contribution < 1.29 is 19.4 Å². The van der Waals surface area contributed by atoms with Crippen molar-refractivity contribution in [3.8, 4) is 17.0 Å². The van der Waals surface area contributed by atoms with Crippen molar-refractivity contribution in [2.45, 2.75) is 50.9 Å². The molecule has 3 amide bonds. The maximum Gasteiger partial charge on any atom is 0.407 e. The minimum Gasteiger partial charge on any atom is -0.496 e. The number of carbonyl (C=O) groups is 2. The Hall–Kier alpha value is -2.85. The number of benzene rings is 1. The Kier molecular flexibility index (Phi) is 8.68. The number of piperidine rings is 1. The van der Waals surface area contributed by atoms with Gasteiger partial charge in [-0.25, -0.2) is 14.6 Å². The third kappa shape index (κ3) is 6.40. The predicted molar refractivity (Wildman–Crippen MR) is 149 cm³/mol. The Balaban J connectivity index is 1.15. The van der Waals surface area contributed by atoms with Crippen LogP contribution >= 0.6 is 11.3 Å². The fourth-order valence-electron chi connectivity index (χ4n) is 6.13. The number of nitrogens with one attached hydrogen (secondary N) is 1. The topological polar surface area (TPSA) is 98.2 Å². The van der Waals surface area contributed by atoms with Crippen molar-refractivity contribution in [1.29, 1.82) is 0 Å². The van der Waals surface area contributed by atoms with Gasteiger partial charge in [0.25, 0.3) is 0 Å². The number of likely N-dealkylation sites (tertiary alicyclic amines) is 1. The number of piperazine rings is 1. The van der Waals surface area contributed by atoms with Crippen LogP contribution in [0.1, 0.15) is 56.4 Å². The summed E-state index contributed by atoms with van der Waals surface area (Å²) < 4.78 is 5.64. The third-order valence-electron chi connectivity index (χ3n) is 8.26. The number of hydrogen-bond donors (Lipinski definition) is 2. The van der Waals surface area contributed by atoms with E-state index in [1.165, 1.54) is 53.9 Å². The first-order chi connectivity index (χ1) is 18.5. The van der Waals surface area contributed by atoms with Crippen LogP contribution in [0.4, 0.5) is 14.7 Å². The third-order valence-corrected chi connectivity index (χ3v) is 9.02. The fraction of sp³-hybridized carbons (Fsp3) is 0.607. The van der Waals surface area contributed by atoms with Gasteiger partial charge in [0.15, 0.2) is 5.13 Å². The van der Waals surface area contributed by atoms with E-state index >= 15 is 0 Å². The van der Waals surface area contributed by atoms with Crippen molar-refractivity contribution in [1.82, 2.24) is 19.7 Å². The maximum atomic E-state index is 13.0. The van der Waals surface area contributed by atoms with Crippen molar-refractivity contribution in [2.24, 2.45) is 5.92 Å². The average molecular weight is 542 g/mol. The summed E-state index contributed by atoms with van der Waals surface area (Å²) in [5, 5.41) is 14.9. The molecular formula is C28H39N5O4S. The molecule has 5 rings (SSSR count). The highest BCUT2D eigenvalue weighted by Crippen LogP contribution is 2.38. The molecule has 0 radical (unpaired) electrons. The minimum absolute atomic E-state index is 0.122. The molecule has 0 unspecified atom stereocenters. The Labute approximate surface area is 228 Å². The summed E-state index contributed by atoms with van der Waals surface area (Å²) >= 11 is 1.44. The number of ether oxygens (including phenoxy) is 1. The van der Waals surface area contributed by atoms with E-state index in [1.807, 2.05) is 16.3 Å². The summed E-state index contributed by atoms with van der Waals surface area (Å²) in [7, 11) is 1.68. The highest BCUT2D eigenvalue weighted by Gasteiger charge is 2.28. The SMILES string of the molecule is COc1ccc(C2CCCCC2)cc1-c1csc(NC(=O)N2CCN(C[C@@H]3CCCN(C(=O)O)C3)CC2)n1. The Morgan fingerprint density at radius 3 is 2.58 bits per heavy atom. The number of nitrogens with zero attached hydrogens (tertiary/aromatic N) is 4. The van der Waals surface area contributed by atoms with E-state index in [0.29, 0.717) is 43.1 Å². The molecule has 1 aliphatic carbocycles. The zero-order valence-corrected chi connectivity index (χ0v) is 23.0. The zero-order chi connectivity index (χ0) is 26.5. The monoisotopic (exact) mass is 541 g/mol. The molecule has 38 heavy (non-hydrogen) atoms. The summed E-state index contributed by atoms with van der Waals surface area (Å²) in [6.45, 7) is 5.02. The smallest absolute Gasteiger partial charge is 0.407 e. The van der Waals surface area contributed by atoms with Crippen molar-refractivity contribution in [2.75, 3.05) is 58.2 Å². The van der Waals surface area contributed by atoms with Crippen LogP contribution in [0.15, 0.2) is 23.6 Å². The Morgan fingerprint density at radius 2 is 1.84 bits per heavy atom. The number of methoxy groups -OCH3 is 1. The van der Waals surface area contributed by atoms with Crippen LogP contribution in [0.5, 0.6) is 5.75 Å². The first kappa shape index (κ1) is 26.7. The van der Waals surface area contributed by atoms with Gasteiger partial charge in [-0.1, -0.05) is 25.3 Å². The van der Waals surface area contributed by atoms with E-state index < -0.39 is 6.09 Å². The molecule has 0 bridgehead atoms. The molecule has 2 aromatic rings. The molecule has 10 heteroatoms. The normalized spacial score (nSPS) is 21.3. The van der Waals surface area contributed by atoms with E-state index in [1.54, 1.807) is 7.11 Å². The van der Waals surface area contributed by atoms with Gasteiger partial charge < -0.3 is 19.6 Å². The van der Waals surface area contributed by atoms with Crippen LogP contribution in [0.2, 0.25) is 0 Å². The second kappa shape index (κ2) is 12.3. The fourth-order valence-corrected chi connectivity index (χ4v) is 6.83. The van der Waals surface area contributed by atoms with Gasteiger partial charge in [-0.05, 0) is 55.2 Å². The second-order valence-corrected chi connectivity index (χ2v) is 11.6. The first-order valence-electron chi connectivity index (χ1n) is 13.9. The minimum atomic E-state index is -0.822. The molecule has 3 aliphatic rings. The van der Waals surface area contributed by atoms with Crippen LogP contribution in [0.25, 0.3) is 11.3 Å². The van der Waals surface area contributed by atoms with E-state index in [-0.39, 0.29) is 6.03 Å². The van der Waals surface area contributed by atoms with E-state index in [2.05, 4.69) is 22.3 Å². The number of aromatic nitrogens is 1. The van der Waals surface area contributed by atoms with Crippen LogP contribution in [-0.2, 0) is 0 Å². The Bertz CT molecular complexity index is 1110. The molecule has 1 aromatic carbocycles. The average Bonchev–Trinajstić information content (AvgIpc) is 3.42. The standard InChI is InChI=1S/C28H39N5O4S/c1-37-25-10-9-22(21-7-3-2-4-8-21)16-23(25)24-19-38-26(29-24)30-27(34)32-14-12-31(13-15-32)17-20-6-5-11-33(18-20)28(35)36/h9-10,16,19-21H,2-8,11-15,17-18H2,1H3,(H,35,36)(H,29,30,34)/t20-/m0/s1. The van der Waals surface area contributed by atoms with Gasteiger partial charge in [0.05, 0.1) is 12.8 Å². The molecule has 2 saturated heterocycles. The number of carboxylic acid groups (broad SMARTS) is 1. The van der Waals surface area contributed by atoms with Gasteiger partial charge in [-0.3, -0.25) is 10.2 Å². The van der Waals surface area contributed by atoms with E-state index in [4.69, 9.17) is 9.72 Å². The second-order valence-electron chi connectivity index (χ2n) is 10.8. The van der Waals surface area contributed by atoms with Gasteiger partial charge in [0.2, 0.25) is 0 Å². The quantitative estimate of drug-likeness (QED) is 0.508. The summed E-state index contributed by atoms with van der Waals surface area (Å²) in [5.41, 5.74) is 3.15. The molecule has 9 nitrogen and oxygen atoms in total. The number of anilines is 1. The molecule has 1 atom stereocenters. The van der Waals surface area contributed by atoms with E-state index in [9.17, 15) is 14.7 Å². The van der Waals surface area contributed by atoms with Crippen molar-refractivity contribution in [3.05, 3.63) is 29.1 Å². The lowest BCUT2D eigenvalue weighted by Crippen LogP contribution is -2.52. The molecule has 0 spiro atoms. The lowest BCUT2D eigenvalue weighted by atomic mass is 9.83. The number of hydrogen-bond acceptors (Lipinski definition) is 6. The molecule has 3 fully saturated rings. The van der Waals surface area contributed by atoms with Crippen LogP contribution in [0, 0.1) is 5.92 Å². The van der Waals surface area contributed by atoms with E-state index in [0.717, 1.165) is 49.5 Å². The number of urea groups is 1. The van der Waals surface area contributed by atoms with Crippen molar-refractivity contribution >= 4 is 28.6 Å². The molecule has 206 valence electrons. The lowest BCUT2D eigenvalue weighted by Gasteiger charge is -2.38. The van der Waals surface area contributed by atoms with Gasteiger partial charge >= 0.3 is 12.1 Å². The highest BCUT2D eigenvalue weighted by atomic mass is 32.1. The molecule has 2 N–H and O–H groups in total. The molecule has 1 aromatic heterocycles. The largest absolute Gasteiger partial charge is 0.496 e. The first-order valence-corrected chi connectivity index (χ1v) is 14.8.